The SMILES string of the molecule is CC1Cc2ccccc2N1C(=O)CN1CCCN(S(C)(=O)=O)CC1. The summed E-state index contributed by atoms with van der Waals surface area (Å²) in [6, 6.07) is 8.23. The summed E-state index contributed by atoms with van der Waals surface area (Å²) < 4.78 is 24.9. The van der Waals surface area contributed by atoms with E-state index in [1.54, 1.807) is 0 Å². The summed E-state index contributed by atoms with van der Waals surface area (Å²) >= 11 is 0. The molecule has 0 spiro atoms. The molecule has 2 heterocycles. The van der Waals surface area contributed by atoms with E-state index in [9.17, 15) is 13.2 Å². The van der Waals surface area contributed by atoms with Gasteiger partial charge in [-0.3, -0.25) is 9.69 Å². The molecule has 24 heavy (non-hydrogen) atoms. The van der Waals surface area contributed by atoms with Crippen molar-refractivity contribution < 1.29 is 13.2 Å². The molecule has 1 unspecified atom stereocenters. The van der Waals surface area contributed by atoms with Crippen LogP contribution in [0.1, 0.15) is 18.9 Å². The molecule has 1 fully saturated rings. The van der Waals surface area contributed by atoms with Crippen molar-refractivity contribution in [1.82, 2.24) is 9.21 Å². The topological polar surface area (TPSA) is 60.9 Å². The second kappa shape index (κ2) is 6.82. The molecule has 1 saturated heterocycles. The first-order valence-electron chi connectivity index (χ1n) is 8.43. The Morgan fingerprint density at radius 3 is 2.67 bits per heavy atom. The van der Waals surface area contributed by atoms with Gasteiger partial charge in [-0.25, -0.2) is 12.7 Å². The Hall–Kier alpha value is -1.44. The highest BCUT2D eigenvalue weighted by Gasteiger charge is 2.31. The first-order chi connectivity index (χ1) is 11.4. The molecule has 0 saturated carbocycles. The van der Waals surface area contributed by atoms with Crippen LogP contribution in [0.2, 0.25) is 0 Å². The number of carbonyl (C=O) groups excluding carboxylic acids is 1. The number of hydrogen-bond acceptors (Lipinski definition) is 4. The van der Waals surface area contributed by atoms with Gasteiger partial charge in [-0.05, 0) is 37.9 Å². The Kier molecular flexibility index (Phi) is 4.94. The largest absolute Gasteiger partial charge is 0.308 e. The first-order valence-corrected chi connectivity index (χ1v) is 10.3. The van der Waals surface area contributed by atoms with Crippen LogP contribution < -0.4 is 4.90 Å². The number of sulfonamides is 1. The quantitative estimate of drug-likeness (QED) is 0.813. The van der Waals surface area contributed by atoms with E-state index in [-0.39, 0.29) is 11.9 Å². The Morgan fingerprint density at radius 1 is 1.17 bits per heavy atom. The molecule has 0 radical (unpaired) electrons. The number of anilines is 1. The second-order valence-corrected chi connectivity index (χ2v) is 8.72. The molecule has 7 heteroatoms. The van der Waals surface area contributed by atoms with Crippen molar-refractivity contribution in [2.45, 2.75) is 25.8 Å². The summed E-state index contributed by atoms with van der Waals surface area (Å²) in [6.45, 7) is 4.76. The van der Waals surface area contributed by atoms with Crippen molar-refractivity contribution in [1.29, 1.82) is 0 Å². The highest BCUT2D eigenvalue weighted by Crippen LogP contribution is 2.31. The number of carbonyl (C=O) groups is 1. The summed E-state index contributed by atoms with van der Waals surface area (Å²) in [7, 11) is -3.15. The number of para-hydroxylation sites is 1. The lowest BCUT2D eigenvalue weighted by Crippen LogP contribution is -2.44. The van der Waals surface area contributed by atoms with Gasteiger partial charge in [0.25, 0.3) is 0 Å². The van der Waals surface area contributed by atoms with Gasteiger partial charge in [-0.1, -0.05) is 18.2 Å². The first kappa shape index (κ1) is 17.4. The summed E-state index contributed by atoms with van der Waals surface area (Å²) in [5, 5.41) is 0. The highest BCUT2D eigenvalue weighted by atomic mass is 32.2. The van der Waals surface area contributed by atoms with E-state index < -0.39 is 10.0 Å². The second-order valence-electron chi connectivity index (χ2n) is 6.74. The average molecular weight is 351 g/mol. The molecule has 0 bridgehead atoms. The number of amides is 1. The van der Waals surface area contributed by atoms with Gasteiger partial charge in [0.2, 0.25) is 15.9 Å². The zero-order chi connectivity index (χ0) is 17.3. The molecule has 2 aliphatic rings. The van der Waals surface area contributed by atoms with Crippen LogP contribution in [-0.4, -0.2) is 68.6 Å². The van der Waals surface area contributed by atoms with Crippen LogP contribution in [0.3, 0.4) is 0 Å². The lowest BCUT2D eigenvalue weighted by atomic mass is 10.1. The monoisotopic (exact) mass is 351 g/mol. The van der Waals surface area contributed by atoms with Gasteiger partial charge in [0.1, 0.15) is 0 Å². The van der Waals surface area contributed by atoms with Crippen molar-refractivity contribution in [2.75, 3.05) is 43.9 Å². The molecule has 0 N–H and O–H groups in total. The van der Waals surface area contributed by atoms with Crippen LogP contribution >= 0.6 is 0 Å². The number of rotatable bonds is 3. The molecule has 3 rings (SSSR count). The van der Waals surface area contributed by atoms with E-state index in [0.29, 0.717) is 26.2 Å². The van der Waals surface area contributed by atoms with Crippen LogP contribution in [0.5, 0.6) is 0 Å². The number of benzene rings is 1. The maximum absolute atomic E-state index is 12.8. The fourth-order valence-electron chi connectivity index (χ4n) is 3.65. The summed E-state index contributed by atoms with van der Waals surface area (Å²) in [5.74, 6) is 0.0975. The molecule has 6 nitrogen and oxygen atoms in total. The number of nitrogens with zero attached hydrogens (tertiary/aromatic N) is 3. The number of fused-ring (bicyclic) bond motifs is 1. The number of hydrogen-bond donors (Lipinski definition) is 0. The van der Waals surface area contributed by atoms with E-state index in [2.05, 4.69) is 17.9 Å². The van der Waals surface area contributed by atoms with Gasteiger partial charge in [0.15, 0.2) is 0 Å². The van der Waals surface area contributed by atoms with Crippen molar-refractivity contribution in [3.63, 3.8) is 0 Å². The maximum atomic E-state index is 12.8. The van der Waals surface area contributed by atoms with E-state index in [1.807, 2.05) is 23.1 Å². The molecular formula is C17H25N3O3S. The summed E-state index contributed by atoms with van der Waals surface area (Å²) in [5.41, 5.74) is 2.24. The van der Waals surface area contributed by atoms with Crippen molar-refractivity contribution in [3.05, 3.63) is 29.8 Å². The molecule has 0 aliphatic carbocycles. The van der Waals surface area contributed by atoms with Crippen molar-refractivity contribution >= 4 is 21.6 Å². The maximum Gasteiger partial charge on any atom is 0.241 e. The zero-order valence-corrected chi connectivity index (χ0v) is 15.1. The summed E-state index contributed by atoms with van der Waals surface area (Å²) in [6.07, 6.45) is 2.90. The van der Waals surface area contributed by atoms with E-state index in [4.69, 9.17) is 0 Å². The van der Waals surface area contributed by atoms with Crippen LogP contribution in [0.25, 0.3) is 0 Å². The lowest BCUT2D eigenvalue weighted by Gasteiger charge is -2.27. The standard InChI is InChI=1S/C17H25N3O3S/c1-14-12-15-6-3-4-7-16(15)20(14)17(21)13-18-8-5-9-19(11-10-18)24(2,22)23/h3-4,6-7,14H,5,8-13H2,1-2H3. The third-order valence-electron chi connectivity index (χ3n) is 4.85. The van der Waals surface area contributed by atoms with Crippen molar-refractivity contribution in [3.8, 4) is 0 Å². The van der Waals surface area contributed by atoms with Crippen LogP contribution in [0.4, 0.5) is 5.69 Å². The lowest BCUT2D eigenvalue weighted by molar-refractivity contribution is -0.120. The average Bonchev–Trinajstić information content (AvgIpc) is 2.67. The predicted molar refractivity (Wildman–Crippen MR) is 94.6 cm³/mol. The van der Waals surface area contributed by atoms with Crippen LogP contribution in [0, 0.1) is 0 Å². The summed E-state index contributed by atoms with van der Waals surface area (Å²) in [4.78, 5) is 16.8. The van der Waals surface area contributed by atoms with Gasteiger partial charge in [0.05, 0.1) is 12.8 Å². The normalized spacial score (nSPS) is 23.1. The fourth-order valence-corrected chi connectivity index (χ4v) is 4.52. The predicted octanol–water partition coefficient (Wildman–Crippen LogP) is 0.932. The molecule has 1 aromatic carbocycles. The minimum absolute atomic E-state index is 0.0975. The third kappa shape index (κ3) is 3.63. The van der Waals surface area contributed by atoms with Crippen LogP contribution in [-0.2, 0) is 21.2 Å². The van der Waals surface area contributed by atoms with E-state index in [0.717, 1.165) is 25.1 Å². The van der Waals surface area contributed by atoms with Gasteiger partial charge >= 0.3 is 0 Å². The molecule has 132 valence electrons. The molecule has 1 atom stereocenters. The Balaban J connectivity index is 1.65. The smallest absolute Gasteiger partial charge is 0.241 e. The van der Waals surface area contributed by atoms with Gasteiger partial charge in [-0.2, -0.15) is 0 Å². The molecule has 2 aliphatic heterocycles. The Bertz CT molecular complexity index is 720. The molecule has 1 aromatic rings. The zero-order valence-electron chi connectivity index (χ0n) is 14.3. The van der Waals surface area contributed by atoms with Crippen molar-refractivity contribution in [2.24, 2.45) is 0 Å². The highest BCUT2D eigenvalue weighted by molar-refractivity contribution is 7.88. The van der Waals surface area contributed by atoms with Gasteiger partial charge in [0, 0.05) is 31.4 Å². The van der Waals surface area contributed by atoms with E-state index in [1.165, 1.54) is 16.1 Å². The van der Waals surface area contributed by atoms with E-state index >= 15 is 0 Å². The molecule has 1 amide bonds. The third-order valence-corrected chi connectivity index (χ3v) is 6.15. The molecule has 0 aromatic heterocycles. The fraction of sp³-hybridized carbons (Fsp3) is 0.588. The minimum atomic E-state index is -3.15. The van der Waals surface area contributed by atoms with Crippen LogP contribution in [0.15, 0.2) is 24.3 Å². The minimum Gasteiger partial charge on any atom is -0.308 e. The Morgan fingerprint density at radius 2 is 1.92 bits per heavy atom. The van der Waals surface area contributed by atoms with Gasteiger partial charge in [-0.15, -0.1) is 0 Å². The molecular weight excluding hydrogens is 326 g/mol. The Labute approximate surface area is 144 Å². The van der Waals surface area contributed by atoms with Gasteiger partial charge < -0.3 is 4.90 Å².